The van der Waals surface area contributed by atoms with Gasteiger partial charge in [0.25, 0.3) is 0 Å². The molecule has 0 fully saturated rings. The summed E-state index contributed by atoms with van der Waals surface area (Å²) in [5, 5.41) is 5.97. The number of hydrogen-bond donors (Lipinski definition) is 3. The predicted octanol–water partition coefficient (Wildman–Crippen LogP) is 2.35. The first-order valence-electron chi connectivity index (χ1n) is 7.58. The van der Waals surface area contributed by atoms with E-state index in [0.717, 1.165) is 39.4 Å². The van der Waals surface area contributed by atoms with Crippen LogP contribution in [0.15, 0.2) is 65.8 Å². The van der Waals surface area contributed by atoms with E-state index in [-0.39, 0.29) is 0 Å². The Kier molecular flexibility index (Phi) is 2.78. The monoisotopic (exact) mass is 300 g/mol. The van der Waals surface area contributed by atoms with Crippen molar-refractivity contribution in [2.45, 2.75) is 6.92 Å². The maximum Gasteiger partial charge on any atom is 0.199 e. The minimum Gasteiger partial charge on any atom is -0.399 e. The molecule has 3 nitrogen and oxygen atoms in total. The van der Waals surface area contributed by atoms with Crippen molar-refractivity contribution >= 4 is 22.7 Å². The van der Waals surface area contributed by atoms with Gasteiger partial charge < -0.3 is 11.5 Å². The van der Waals surface area contributed by atoms with Crippen LogP contribution in [-0.4, -0.2) is 5.71 Å². The van der Waals surface area contributed by atoms with Crippen LogP contribution in [0.4, 0.5) is 11.4 Å². The maximum atomic E-state index is 6.00. The second kappa shape index (κ2) is 4.71. The second-order valence-electron chi connectivity index (χ2n) is 6.06. The predicted molar refractivity (Wildman–Crippen MR) is 96.6 cm³/mol. The molecular weight excluding hydrogens is 282 g/mol. The van der Waals surface area contributed by atoms with E-state index in [1.54, 1.807) is 0 Å². The lowest BCUT2D eigenvalue weighted by Gasteiger charge is -2.11. The van der Waals surface area contributed by atoms with Gasteiger partial charge >= 0.3 is 0 Å². The molecule has 0 saturated heterocycles. The lowest BCUT2D eigenvalue weighted by molar-refractivity contribution is -0.111. The molecule has 0 aromatic heterocycles. The Hall–Kier alpha value is -3.07. The topological polar surface area (TPSA) is 77.6 Å². The van der Waals surface area contributed by atoms with E-state index in [1.807, 2.05) is 37.3 Å². The van der Waals surface area contributed by atoms with Crippen molar-refractivity contribution in [3.63, 3.8) is 0 Å². The molecule has 4 rings (SSSR count). The van der Waals surface area contributed by atoms with E-state index >= 15 is 0 Å². The largest absolute Gasteiger partial charge is 0.399 e. The van der Waals surface area contributed by atoms with Crippen LogP contribution in [-0.2, 0) is 0 Å². The van der Waals surface area contributed by atoms with Gasteiger partial charge in [-0.05, 0) is 76.7 Å². The molecule has 0 radical (unpaired) electrons. The normalized spacial score (nSPS) is 15.5. The molecule has 0 unspecified atom stereocenters. The van der Waals surface area contributed by atoms with Gasteiger partial charge in [-0.2, -0.15) is 0 Å². The van der Waals surface area contributed by atoms with Gasteiger partial charge in [0, 0.05) is 23.0 Å². The molecule has 2 aromatic carbocycles. The lowest BCUT2D eigenvalue weighted by atomic mass is 9.92. The van der Waals surface area contributed by atoms with Gasteiger partial charge in [0.15, 0.2) is 5.71 Å². The van der Waals surface area contributed by atoms with Gasteiger partial charge in [0.1, 0.15) is 0 Å². The number of hydrogen-bond acceptors (Lipinski definition) is 2. The highest BCUT2D eigenvalue weighted by molar-refractivity contribution is 6.09. The average Bonchev–Trinajstić information content (AvgIpc) is 2.83. The van der Waals surface area contributed by atoms with Gasteiger partial charge in [0.05, 0.1) is 0 Å². The maximum absolute atomic E-state index is 6.00. The molecule has 6 N–H and O–H groups in total. The molecule has 112 valence electrons. The Labute approximate surface area is 135 Å². The molecule has 2 aliphatic carbocycles. The van der Waals surface area contributed by atoms with E-state index in [0.29, 0.717) is 0 Å². The van der Waals surface area contributed by atoms with E-state index < -0.39 is 0 Å². The summed E-state index contributed by atoms with van der Waals surface area (Å²) >= 11 is 0. The highest BCUT2D eigenvalue weighted by Crippen LogP contribution is 2.47. The summed E-state index contributed by atoms with van der Waals surface area (Å²) in [4.78, 5) is 0. The first-order chi connectivity index (χ1) is 11.0. The summed E-state index contributed by atoms with van der Waals surface area (Å²) in [5.74, 6) is 0. The molecule has 2 aromatic rings. The fraction of sp³-hybridized carbons (Fsp3) is 0.0500. The zero-order valence-electron chi connectivity index (χ0n) is 12.9. The molecule has 0 bridgehead atoms. The number of anilines is 2. The van der Waals surface area contributed by atoms with Gasteiger partial charge in [-0.15, -0.1) is 0 Å². The van der Waals surface area contributed by atoms with Crippen LogP contribution in [0.2, 0.25) is 0 Å². The minimum atomic E-state index is 0.756. The first-order valence-corrected chi connectivity index (χ1v) is 7.58. The van der Waals surface area contributed by atoms with Crippen molar-refractivity contribution in [2.75, 3.05) is 11.5 Å². The summed E-state index contributed by atoms with van der Waals surface area (Å²) in [5.41, 5.74) is 22.4. The quantitative estimate of drug-likeness (QED) is 0.557. The molecule has 0 amide bonds. The van der Waals surface area contributed by atoms with Gasteiger partial charge in [-0.3, -0.25) is 5.41 Å². The van der Waals surface area contributed by atoms with Crippen LogP contribution < -0.4 is 16.9 Å². The van der Waals surface area contributed by atoms with Crippen molar-refractivity contribution in [3.05, 3.63) is 76.9 Å². The van der Waals surface area contributed by atoms with Crippen molar-refractivity contribution < 1.29 is 5.41 Å². The molecule has 3 heteroatoms. The van der Waals surface area contributed by atoms with Crippen LogP contribution in [0.3, 0.4) is 0 Å². The second-order valence-corrected chi connectivity index (χ2v) is 6.06. The summed E-state index contributed by atoms with van der Waals surface area (Å²) in [6.45, 7) is 2.03. The fourth-order valence-electron chi connectivity index (χ4n) is 3.29. The first kappa shape index (κ1) is 13.6. The molecule has 0 spiro atoms. The summed E-state index contributed by atoms with van der Waals surface area (Å²) in [6, 6.07) is 12.1. The third-order valence-electron chi connectivity index (χ3n) is 4.47. The molecule has 0 aliphatic heterocycles. The van der Waals surface area contributed by atoms with Crippen molar-refractivity contribution in [2.24, 2.45) is 0 Å². The van der Waals surface area contributed by atoms with Crippen LogP contribution in [0.5, 0.6) is 0 Å². The zero-order chi connectivity index (χ0) is 16.1. The molecular formula is C20H18N3+. The van der Waals surface area contributed by atoms with Gasteiger partial charge in [-0.25, -0.2) is 0 Å². The fourth-order valence-corrected chi connectivity index (χ4v) is 3.29. The van der Waals surface area contributed by atoms with E-state index in [9.17, 15) is 0 Å². The number of allylic oxidation sites excluding steroid dienone is 5. The van der Waals surface area contributed by atoms with Crippen LogP contribution >= 0.6 is 0 Å². The van der Waals surface area contributed by atoms with Crippen molar-refractivity contribution in [1.29, 1.82) is 0 Å². The number of nitrogen functional groups attached to an aromatic ring is 2. The lowest BCUT2D eigenvalue weighted by Crippen LogP contribution is -2.39. The summed E-state index contributed by atoms with van der Waals surface area (Å²) in [6.07, 6.45) is 6.17. The summed E-state index contributed by atoms with van der Waals surface area (Å²) < 4.78 is 0. The average molecular weight is 300 g/mol. The SMILES string of the molecule is CC1=CC(=C2c3ccc(N)cc3-c3cc(N)ccc32)C=CC1=[NH2+]. The smallest absolute Gasteiger partial charge is 0.199 e. The van der Waals surface area contributed by atoms with Crippen molar-refractivity contribution in [1.82, 2.24) is 0 Å². The Morgan fingerprint density at radius 2 is 1.35 bits per heavy atom. The standard InChI is InChI=1S/C20H17N3/c1-11-8-12(2-7-19(11)23)20-15-5-3-13(21)9-17(15)18-10-14(22)4-6-16(18)20/h2-10,23H,21-22H2,1H3/p+1. The van der Waals surface area contributed by atoms with E-state index in [4.69, 9.17) is 16.9 Å². The molecule has 0 saturated carbocycles. The van der Waals surface area contributed by atoms with Crippen LogP contribution in [0, 0.1) is 0 Å². The number of benzene rings is 2. The molecule has 23 heavy (non-hydrogen) atoms. The molecule has 0 atom stereocenters. The highest BCUT2D eigenvalue weighted by atomic mass is 14.6. The van der Waals surface area contributed by atoms with E-state index in [2.05, 4.69) is 24.3 Å². The van der Waals surface area contributed by atoms with Gasteiger partial charge in [0.2, 0.25) is 0 Å². The summed E-state index contributed by atoms with van der Waals surface area (Å²) in [7, 11) is 0. The number of nitrogens with two attached hydrogens (primary N) is 3. The van der Waals surface area contributed by atoms with Gasteiger partial charge in [-0.1, -0.05) is 12.1 Å². The Balaban J connectivity index is 2.07. The third kappa shape index (κ3) is 2.01. The number of rotatable bonds is 0. The Morgan fingerprint density at radius 3 is 1.87 bits per heavy atom. The third-order valence-corrected chi connectivity index (χ3v) is 4.47. The van der Waals surface area contributed by atoms with Crippen molar-refractivity contribution in [3.8, 4) is 11.1 Å². The van der Waals surface area contributed by atoms with E-state index in [1.165, 1.54) is 16.7 Å². The highest BCUT2D eigenvalue weighted by Gasteiger charge is 2.26. The Bertz CT molecular complexity index is 905. The van der Waals surface area contributed by atoms with Crippen LogP contribution in [0.25, 0.3) is 16.7 Å². The number of fused-ring (bicyclic) bond motifs is 3. The Morgan fingerprint density at radius 1 is 0.783 bits per heavy atom. The molecule has 2 aliphatic rings. The van der Waals surface area contributed by atoms with Crippen LogP contribution in [0.1, 0.15) is 18.1 Å². The molecule has 0 heterocycles. The zero-order valence-corrected chi connectivity index (χ0v) is 12.9. The minimum absolute atomic E-state index is 0.756.